The van der Waals surface area contributed by atoms with Gasteiger partial charge in [0.1, 0.15) is 0 Å². The molecule has 1 amide bonds. The van der Waals surface area contributed by atoms with Gasteiger partial charge in [-0.2, -0.15) is 0 Å². The van der Waals surface area contributed by atoms with Crippen molar-refractivity contribution < 1.29 is 4.79 Å². The number of halogens is 1. The minimum atomic E-state index is -0.245. The van der Waals surface area contributed by atoms with E-state index in [0.717, 1.165) is 11.4 Å². The maximum Gasteiger partial charge on any atom is 0.272 e. The van der Waals surface area contributed by atoms with E-state index in [1.807, 2.05) is 12.1 Å². The van der Waals surface area contributed by atoms with Crippen molar-refractivity contribution in [2.45, 2.75) is 13.3 Å². The van der Waals surface area contributed by atoms with Crippen molar-refractivity contribution in [3.05, 3.63) is 64.7 Å². The molecule has 2 aromatic rings. The molecule has 2 aromatic carbocycles. The number of amides is 1. The second-order valence-corrected chi connectivity index (χ2v) is 4.64. The summed E-state index contributed by atoms with van der Waals surface area (Å²) < 4.78 is 0. The smallest absolute Gasteiger partial charge is 0.267 e. The summed E-state index contributed by atoms with van der Waals surface area (Å²) >= 11 is 5.80. The second-order valence-electron chi connectivity index (χ2n) is 4.20. The number of hydrogen-bond donors (Lipinski definition) is 1. The molecule has 0 spiro atoms. The lowest BCUT2D eigenvalue weighted by Crippen LogP contribution is -2.37. The van der Waals surface area contributed by atoms with Crippen molar-refractivity contribution in [2.75, 3.05) is 5.01 Å². The van der Waals surface area contributed by atoms with Crippen LogP contribution in [0.15, 0.2) is 48.5 Å². The number of nitrogens with zero attached hydrogens (tertiary/aromatic N) is 1. The minimum absolute atomic E-state index is 0.245. The van der Waals surface area contributed by atoms with E-state index < -0.39 is 0 Å². The fraction of sp³-hybridized carbons (Fsp3) is 0.133. The highest BCUT2D eigenvalue weighted by molar-refractivity contribution is 6.30. The van der Waals surface area contributed by atoms with Crippen LogP contribution < -0.4 is 10.9 Å². The van der Waals surface area contributed by atoms with E-state index in [1.165, 1.54) is 5.56 Å². The Morgan fingerprint density at radius 1 is 1.11 bits per heavy atom. The fourth-order valence-corrected chi connectivity index (χ4v) is 1.87. The van der Waals surface area contributed by atoms with Gasteiger partial charge in [-0.05, 0) is 48.4 Å². The van der Waals surface area contributed by atoms with Gasteiger partial charge in [0.15, 0.2) is 0 Å². The molecule has 4 heteroatoms. The van der Waals surface area contributed by atoms with Gasteiger partial charge in [-0.25, -0.2) is 10.9 Å². The van der Waals surface area contributed by atoms with Gasteiger partial charge in [-0.15, -0.1) is 0 Å². The molecule has 0 aliphatic rings. The number of carbonyl (C=O) groups is 1. The Kier molecular flexibility index (Phi) is 4.20. The quantitative estimate of drug-likeness (QED) is 0.530. The Bertz CT molecular complexity index is 564. The molecule has 0 heterocycles. The third-order valence-corrected chi connectivity index (χ3v) is 3.18. The van der Waals surface area contributed by atoms with Crippen LogP contribution in [0.1, 0.15) is 22.8 Å². The number of carbonyl (C=O) groups excluding carboxylic acids is 1. The molecule has 0 aliphatic carbocycles. The standard InChI is InChI=1S/C15H15ClN2O/c1-2-11-3-5-12(6-4-11)15(19)18(17)14-9-7-13(16)8-10-14/h3-10H,2,17H2,1H3. The predicted molar refractivity (Wildman–Crippen MR) is 78.3 cm³/mol. The lowest BCUT2D eigenvalue weighted by Gasteiger charge is -2.16. The van der Waals surface area contributed by atoms with Gasteiger partial charge < -0.3 is 0 Å². The molecule has 19 heavy (non-hydrogen) atoms. The summed E-state index contributed by atoms with van der Waals surface area (Å²) in [6.07, 6.45) is 0.942. The molecule has 0 bridgehead atoms. The molecule has 0 atom stereocenters. The number of nitrogens with two attached hydrogens (primary N) is 1. The van der Waals surface area contributed by atoms with Crippen molar-refractivity contribution in [2.24, 2.45) is 5.84 Å². The van der Waals surface area contributed by atoms with Crippen molar-refractivity contribution in [1.82, 2.24) is 0 Å². The van der Waals surface area contributed by atoms with E-state index >= 15 is 0 Å². The highest BCUT2D eigenvalue weighted by Crippen LogP contribution is 2.17. The summed E-state index contributed by atoms with van der Waals surface area (Å²) in [5.41, 5.74) is 2.36. The molecule has 0 aromatic heterocycles. The SMILES string of the molecule is CCc1ccc(C(=O)N(N)c2ccc(Cl)cc2)cc1. The Balaban J connectivity index is 2.20. The first kappa shape index (κ1) is 13.6. The molecule has 2 N–H and O–H groups in total. The van der Waals surface area contributed by atoms with E-state index in [1.54, 1.807) is 36.4 Å². The summed E-state index contributed by atoms with van der Waals surface area (Å²) in [5.74, 6) is 5.59. The maximum absolute atomic E-state index is 12.2. The number of hydrogen-bond acceptors (Lipinski definition) is 2. The van der Waals surface area contributed by atoms with Gasteiger partial charge in [0, 0.05) is 10.6 Å². The monoisotopic (exact) mass is 274 g/mol. The highest BCUT2D eigenvalue weighted by atomic mass is 35.5. The molecule has 0 saturated carbocycles. The van der Waals surface area contributed by atoms with Gasteiger partial charge >= 0.3 is 0 Å². The topological polar surface area (TPSA) is 46.3 Å². The Hall–Kier alpha value is -1.84. The molecule has 0 aliphatic heterocycles. The molecule has 0 saturated heterocycles. The van der Waals surface area contributed by atoms with Crippen LogP contribution in [0.4, 0.5) is 5.69 Å². The summed E-state index contributed by atoms with van der Waals surface area (Å²) in [7, 11) is 0. The molecule has 0 radical (unpaired) electrons. The molecule has 3 nitrogen and oxygen atoms in total. The molecule has 0 fully saturated rings. The van der Waals surface area contributed by atoms with Crippen molar-refractivity contribution in [1.29, 1.82) is 0 Å². The minimum Gasteiger partial charge on any atom is -0.267 e. The van der Waals surface area contributed by atoms with Crippen molar-refractivity contribution in [3.63, 3.8) is 0 Å². The van der Waals surface area contributed by atoms with Crippen LogP contribution in [-0.4, -0.2) is 5.91 Å². The van der Waals surface area contributed by atoms with E-state index in [9.17, 15) is 4.79 Å². The number of hydrazine groups is 1. The summed E-state index contributed by atoms with van der Waals surface area (Å²) in [6, 6.07) is 14.3. The Morgan fingerprint density at radius 3 is 2.21 bits per heavy atom. The van der Waals surface area contributed by atoms with Gasteiger partial charge in [0.05, 0.1) is 5.69 Å². The molecular formula is C15H15ClN2O. The Labute approximate surface area is 117 Å². The summed E-state index contributed by atoms with van der Waals surface area (Å²) in [5, 5.41) is 1.73. The number of aryl methyl sites for hydroxylation is 1. The highest BCUT2D eigenvalue weighted by Gasteiger charge is 2.13. The summed E-state index contributed by atoms with van der Waals surface area (Å²) in [6.45, 7) is 2.07. The predicted octanol–water partition coefficient (Wildman–Crippen LogP) is 3.42. The normalized spacial score (nSPS) is 10.3. The Morgan fingerprint density at radius 2 is 1.68 bits per heavy atom. The fourth-order valence-electron chi connectivity index (χ4n) is 1.74. The van der Waals surface area contributed by atoms with Crippen LogP contribution in [-0.2, 0) is 6.42 Å². The van der Waals surface area contributed by atoms with E-state index in [-0.39, 0.29) is 5.91 Å². The van der Waals surface area contributed by atoms with Gasteiger partial charge in [0.2, 0.25) is 0 Å². The zero-order valence-corrected chi connectivity index (χ0v) is 11.4. The van der Waals surface area contributed by atoms with Crippen LogP contribution >= 0.6 is 11.6 Å². The van der Waals surface area contributed by atoms with Crippen LogP contribution in [0.2, 0.25) is 5.02 Å². The number of rotatable bonds is 3. The summed E-state index contributed by atoms with van der Waals surface area (Å²) in [4.78, 5) is 12.2. The molecule has 2 rings (SSSR count). The number of benzene rings is 2. The lowest BCUT2D eigenvalue weighted by molar-refractivity contribution is 0.0987. The largest absolute Gasteiger partial charge is 0.272 e. The average Bonchev–Trinajstić information content (AvgIpc) is 2.46. The third kappa shape index (κ3) is 3.13. The van der Waals surface area contributed by atoms with Gasteiger partial charge in [0.25, 0.3) is 5.91 Å². The van der Waals surface area contributed by atoms with Crippen LogP contribution in [0.25, 0.3) is 0 Å². The first-order chi connectivity index (χ1) is 9.11. The molecule has 98 valence electrons. The third-order valence-electron chi connectivity index (χ3n) is 2.93. The van der Waals surface area contributed by atoms with Crippen molar-refractivity contribution >= 4 is 23.2 Å². The maximum atomic E-state index is 12.2. The van der Waals surface area contributed by atoms with Gasteiger partial charge in [-0.1, -0.05) is 30.7 Å². The first-order valence-electron chi connectivity index (χ1n) is 6.05. The van der Waals surface area contributed by atoms with Crippen LogP contribution in [0, 0.1) is 0 Å². The van der Waals surface area contributed by atoms with Crippen molar-refractivity contribution in [3.8, 4) is 0 Å². The van der Waals surface area contributed by atoms with E-state index in [2.05, 4.69) is 6.92 Å². The average molecular weight is 275 g/mol. The van der Waals surface area contributed by atoms with E-state index in [4.69, 9.17) is 17.4 Å². The zero-order valence-electron chi connectivity index (χ0n) is 10.6. The lowest BCUT2D eigenvalue weighted by atomic mass is 10.1. The second kappa shape index (κ2) is 5.87. The zero-order chi connectivity index (χ0) is 13.8. The van der Waals surface area contributed by atoms with E-state index in [0.29, 0.717) is 16.3 Å². The van der Waals surface area contributed by atoms with Crippen LogP contribution in [0.3, 0.4) is 0 Å². The first-order valence-corrected chi connectivity index (χ1v) is 6.43. The van der Waals surface area contributed by atoms with Gasteiger partial charge in [-0.3, -0.25) is 4.79 Å². The number of anilines is 1. The molecular weight excluding hydrogens is 260 g/mol. The molecule has 0 unspecified atom stereocenters. The van der Waals surface area contributed by atoms with Crippen LogP contribution in [0.5, 0.6) is 0 Å².